The summed E-state index contributed by atoms with van der Waals surface area (Å²) in [5.74, 6) is 1.12. The summed E-state index contributed by atoms with van der Waals surface area (Å²) in [6.45, 7) is -0.188. The number of hydrogen-bond acceptors (Lipinski definition) is 5. The van der Waals surface area contributed by atoms with E-state index < -0.39 is 0 Å². The van der Waals surface area contributed by atoms with Crippen LogP contribution in [0.1, 0.15) is 22.5 Å². The Morgan fingerprint density at radius 1 is 1.00 bits per heavy atom. The van der Waals surface area contributed by atoms with Gasteiger partial charge in [-0.1, -0.05) is 6.07 Å². The smallest absolute Gasteiger partial charge is 0.183 e. The van der Waals surface area contributed by atoms with Gasteiger partial charge in [-0.2, -0.15) is 5.26 Å². The number of carbonyl (C=O) groups excluding carboxylic acids is 1. The van der Waals surface area contributed by atoms with Gasteiger partial charge in [0.05, 0.1) is 23.9 Å². The molecule has 26 heavy (non-hydrogen) atoms. The number of nitriles is 1. The van der Waals surface area contributed by atoms with Crippen LogP contribution in [-0.2, 0) is 0 Å². The van der Waals surface area contributed by atoms with Crippen molar-refractivity contribution in [3.63, 3.8) is 0 Å². The highest BCUT2D eigenvalue weighted by atomic mass is 16.5. The van der Waals surface area contributed by atoms with E-state index in [4.69, 9.17) is 15.1 Å². The van der Waals surface area contributed by atoms with Crippen LogP contribution in [0, 0.1) is 11.3 Å². The van der Waals surface area contributed by atoms with Gasteiger partial charge in [-0.25, -0.2) is 4.98 Å². The molecule has 0 saturated carbocycles. The molecule has 1 N–H and O–H groups in total. The number of nitrogens with zero attached hydrogens (tertiary/aromatic N) is 2. The number of aliphatic hydroxyl groups excluding tert-OH is 1. The van der Waals surface area contributed by atoms with Gasteiger partial charge in [-0.05, 0) is 60.7 Å². The summed E-state index contributed by atoms with van der Waals surface area (Å²) in [5.41, 5.74) is 2.46. The summed E-state index contributed by atoms with van der Waals surface area (Å²) >= 11 is 0. The Morgan fingerprint density at radius 2 is 1.65 bits per heavy atom. The first-order valence-corrected chi connectivity index (χ1v) is 8.09. The maximum atomic E-state index is 11.9. The molecule has 0 bridgehead atoms. The Bertz CT molecular complexity index is 942. The van der Waals surface area contributed by atoms with Crippen LogP contribution in [0.25, 0.3) is 11.3 Å². The molecule has 1 heterocycles. The van der Waals surface area contributed by atoms with E-state index >= 15 is 0 Å². The minimum atomic E-state index is -0.188. The van der Waals surface area contributed by atoms with Crippen LogP contribution in [0.2, 0.25) is 0 Å². The van der Waals surface area contributed by atoms with Crippen molar-refractivity contribution in [3.05, 3.63) is 78.0 Å². The number of pyridine rings is 1. The number of ether oxygens (including phenoxy) is 1. The maximum Gasteiger partial charge on any atom is 0.183 e. The highest BCUT2D eigenvalue weighted by molar-refractivity contribution is 5.94. The largest absolute Gasteiger partial charge is 0.457 e. The van der Waals surface area contributed by atoms with E-state index in [1.54, 1.807) is 36.4 Å². The van der Waals surface area contributed by atoms with Gasteiger partial charge in [0, 0.05) is 12.0 Å². The molecule has 0 saturated heterocycles. The fourth-order valence-electron chi connectivity index (χ4n) is 2.41. The minimum absolute atomic E-state index is 0.0633. The van der Waals surface area contributed by atoms with Gasteiger partial charge >= 0.3 is 0 Å². The number of hydrogen-bond donors (Lipinski definition) is 1. The molecule has 0 aliphatic heterocycles. The third kappa shape index (κ3) is 4.12. The second-order valence-electron chi connectivity index (χ2n) is 5.57. The van der Waals surface area contributed by atoms with Crippen molar-refractivity contribution in [2.45, 2.75) is 6.42 Å². The van der Waals surface area contributed by atoms with Crippen molar-refractivity contribution in [2.24, 2.45) is 0 Å². The standard InChI is InChI=1S/C21H16N2O3/c22-14-15-4-8-17(9-5-15)26-18-10-6-16(7-11-18)19-2-1-3-20(23-19)21(25)12-13-24/h1-11,24H,12-13H2. The summed E-state index contributed by atoms with van der Waals surface area (Å²) in [6.07, 6.45) is 0.0633. The normalized spacial score (nSPS) is 10.2. The van der Waals surface area contributed by atoms with Crippen LogP contribution in [0.3, 0.4) is 0 Å². The van der Waals surface area contributed by atoms with E-state index in [9.17, 15) is 4.79 Å². The summed E-state index contributed by atoms with van der Waals surface area (Å²) in [4.78, 5) is 16.2. The molecule has 0 aliphatic rings. The zero-order valence-corrected chi connectivity index (χ0v) is 13.9. The Kier molecular flexibility index (Phi) is 5.37. The topological polar surface area (TPSA) is 83.2 Å². The monoisotopic (exact) mass is 344 g/mol. The Balaban J connectivity index is 1.76. The number of benzene rings is 2. The Hall–Kier alpha value is -3.49. The molecule has 2 aromatic carbocycles. The van der Waals surface area contributed by atoms with Gasteiger partial charge in [-0.15, -0.1) is 0 Å². The molecule has 128 valence electrons. The predicted octanol–water partition coefficient (Wildman–Crippen LogP) is 3.98. The van der Waals surface area contributed by atoms with E-state index in [0.717, 1.165) is 5.56 Å². The quantitative estimate of drug-likeness (QED) is 0.684. The Morgan fingerprint density at radius 3 is 2.27 bits per heavy atom. The number of aliphatic hydroxyl groups is 1. The lowest BCUT2D eigenvalue weighted by atomic mass is 10.1. The lowest BCUT2D eigenvalue weighted by Crippen LogP contribution is -2.04. The predicted molar refractivity (Wildman–Crippen MR) is 96.9 cm³/mol. The highest BCUT2D eigenvalue weighted by Crippen LogP contribution is 2.25. The lowest BCUT2D eigenvalue weighted by Gasteiger charge is -2.07. The summed E-state index contributed by atoms with van der Waals surface area (Å²) in [7, 11) is 0. The first-order valence-electron chi connectivity index (χ1n) is 8.09. The number of aromatic nitrogens is 1. The Labute approximate surface area is 151 Å². The van der Waals surface area contributed by atoms with Crippen LogP contribution in [0.15, 0.2) is 66.7 Å². The van der Waals surface area contributed by atoms with Crippen molar-refractivity contribution < 1.29 is 14.6 Å². The van der Waals surface area contributed by atoms with Crippen molar-refractivity contribution >= 4 is 5.78 Å². The van der Waals surface area contributed by atoms with Crippen LogP contribution in [0.4, 0.5) is 0 Å². The van der Waals surface area contributed by atoms with E-state index in [-0.39, 0.29) is 18.8 Å². The van der Waals surface area contributed by atoms with Gasteiger partial charge in [0.1, 0.15) is 17.2 Å². The van der Waals surface area contributed by atoms with Crippen LogP contribution in [0.5, 0.6) is 11.5 Å². The first kappa shape index (κ1) is 17.3. The number of Topliss-reactive ketones (excluding diaryl/α,β-unsaturated/α-hetero) is 1. The molecule has 5 nitrogen and oxygen atoms in total. The van der Waals surface area contributed by atoms with E-state index in [1.807, 2.05) is 30.3 Å². The van der Waals surface area contributed by atoms with Crippen molar-refractivity contribution in [1.29, 1.82) is 5.26 Å². The molecule has 3 aromatic rings. The van der Waals surface area contributed by atoms with Crippen molar-refractivity contribution in [3.8, 4) is 28.8 Å². The molecule has 5 heteroatoms. The average molecular weight is 344 g/mol. The number of rotatable bonds is 6. The fourth-order valence-corrected chi connectivity index (χ4v) is 2.41. The second kappa shape index (κ2) is 8.06. The van der Waals surface area contributed by atoms with Crippen LogP contribution >= 0.6 is 0 Å². The van der Waals surface area contributed by atoms with Crippen molar-refractivity contribution in [1.82, 2.24) is 4.98 Å². The lowest BCUT2D eigenvalue weighted by molar-refractivity contribution is 0.0952. The molecule has 3 rings (SSSR count). The molecule has 0 radical (unpaired) electrons. The SMILES string of the molecule is N#Cc1ccc(Oc2ccc(-c3cccc(C(=O)CCO)n3)cc2)cc1. The fraction of sp³-hybridized carbons (Fsp3) is 0.0952. The van der Waals surface area contributed by atoms with Crippen LogP contribution in [-0.4, -0.2) is 22.5 Å². The molecule has 0 spiro atoms. The van der Waals surface area contributed by atoms with Gasteiger partial charge in [0.15, 0.2) is 5.78 Å². The molecule has 0 aliphatic carbocycles. The van der Waals surface area contributed by atoms with Gasteiger partial charge in [0.2, 0.25) is 0 Å². The van der Waals surface area contributed by atoms with E-state index in [1.165, 1.54) is 0 Å². The molecule has 1 aromatic heterocycles. The molecular formula is C21H16N2O3. The molecule has 0 fully saturated rings. The maximum absolute atomic E-state index is 11.9. The zero-order valence-electron chi connectivity index (χ0n) is 13.9. The summed E-state index contributed by atoms with van der Waals surface area (Å²) < 4.78 is 5.75. The number of carbonyl (C=O) groups is 1. The molecule has 0 atom stereocenters. The van der Waals surface area contributed by atoms with E-state index in [2.05, 4.69) is 11.1 Å². The van der Waals surface area contributed by atoms with Gasteiger partial charge in [0.25, 0.3) is 0 Å². The number of ketones is 1. The van der Waals surface area contributed by atoms with Crippen molar-refractivity contribution in [2.75, 3.05) is 6.61 Å². The average Bonchev–Trinajstić information content (AvgIpc) is 2.69. The first-order chi connectivity index (χ1) is 12.7. The summed E-state index contributed by atoms with van der Waals surface area (Å²) in [5, 5.41) is 17.7. The second-order valence-corrected chi connectivity index (χ2v) is 5.57. The van der Waals surface area contributed by atoms with Gasteiger partial charge in [-0.3, -0.25) is 4.79 Å². The van der Waals surface area contributed by atoms with E-state index in [0.29, 0.717) is 28.5 Å². The molecule has 0 amide bonds. The van der Waals surface area contributed by atoms with Crippen LogP contribution < -0.4 is 4.74 Å². The molecule has 0 unspecified atom stereocenters. The third-order valence-electron chi connectivity index (χ3n) is 3.74. The highest BCUT2D eigenvalue weighted by Gasteiger charge is 2.08. The summed E-state index contributed by atoms with van der Waals surface area (Å²) in [6, 6.07) is 21.5. The molecular weight excluding hydrogens is 328 g/mol. The zero-order chi connectivity index (χ0) is 18.4. The third-order valence-corrected chi connectivity index (χ3v) is 3.74. The minimum Gasteiger partial charge on any atom is -0.457 e. The van der Waals surface area contributed by atoms with Gasteiger partial charge < -0.3 is 9.84 Å².